The molecular weight excluding hydrogens is 276 g/mol. The Morgan fingerprint density at radius 2 is 1.90 bits per heavy atom. The van der Waals surface area contributed by atoms with Crippen LogP contribution in [-0.2, 0) is 10.2 Å². The smallest absolute Gasteiger partial charge is 0.239 e. The number of anilines is 1. The summed E-state index contributed by atoms with van der Waals surface area (Å²) in [5.41, 5.74) is 0.547. The summed E-state index contributed by atoms with van der Waals surface area (Å²) in [6, 6.07) is 0.115. The van der Waals surface area contributed by atoms with Gasteiger partial charge in [0.15, 0.2) is 0 Å². The van der Waals surface area contributed by atoms with Crippen LogP contribution >= 0.6 is 11.6 Å². The van der Waals surface area contributed by atoms with Crippen molar-refractivity contribution in [2.24, 2.45) is 0 Å². The number of nitrogens with zero attached hydrogens (tertiary/aromatic N) is 2. The predicted octanol–water partition coefficient (Wildman–Crippen LogP) is 2.67. The zero-order valence-electron chi connectivity index (χ0n) is 13.0. The van der Waals surface area contributed by atoms with Gasteiger partial charge in [0.2, 0.25) is 5.91 Å². The summed E-state index contributed by atoms with van der Waals surface area (Å²) in [5, 5.41) is 6.25. The lowest BCUT2D eigenvalue weighted by Gasteiger charge is -2.19. The van der Waals surface area contributed by atoms with E-state index in [-0.39, 0.29) is 23.9 Å². The standard InChI is InChI=1S/C14H23ClN4O/c1-8(2)17-10(20)7-16-12-9(3)11(15)18-13(19-12)14(4,5)6/h8H,7H2,1-6H3,(H,17,20)(H,16,18,19). The number of aromatic nitrogens is 2. The van der Waals surface area contributed by atoms with Crippen molar-refractivity contribution >= 4 is 23.3 Å². The Hall–Kier alpha value is -1.36. The lowest BCUT2D eigenvalue weighted by molar-refractivity contribution is -0.119. The maximum absolute atomic E-state index is 11.7. The van der Waals surface area contributed by atoms with Crippen LogP contribution in [0.15, 0.2) is 0 Å². The molecule has 5 nitrogen and oxygen atoms in total. The van der Waals surface area contributed by atoms with Gasteiger partial charge in [0, 0.05) is 17.0 Å². The van der Waals surface area contributed by atoms with Crippen molar-refractivity contribution < 1.29 is 4.79 Å². The molecule has 112 valence electrons. The Morgan fingerprint density at radius 1 is 1.30 bits per heavy atom. The molecule has 0 atom stereocenters. The van der Waals surface area contributed by atoms with E-state index in [1.165, 1.54) is 0 Å². The van der Waals surface area contributed by atoms with Crippen LogP contribution in [0, 0.1) is 6.92 Å². The van der Waals surface area contributed by atoms with Crippen LogP contribution in [0.4, 0.5) is 5.82 Å². The molecule has 1 aromatic rings. The minimum atomic E-state index is -0.200. The Morgan fingerprint density at radius 3 is 2.40 bits per heavy atom. The molecule has 0 radical (unpaired) electrons. The zero-order chi connectivity index (χ0) is 15.5. The molecular formula is C14H23ClN4O. The summed E-state index contributed by atoms with van der Waals surface area (Å²) >= 11 is 6.13. The molecule has 0 saturated carbocycles. The van der Waals surface area contributed by atoms with Crippen LogP contribution in [0.25, 0.3) is 0 Å². The summed E-state index contributed by atoms with van der Waals surface area (Å²) in [4.78, 5) is 20.4. The fourth-order valence-corrected chi connectivity index (χ4v) is 1.70. The van der Waals surface area contributed by atoms with Gasteiger partial charge in [0.25, 0.3) is 0 Å². The number of hydrogen-bond acceptors (Lipinski definition) is 4. The van der Waals surface area contributed by atoms with E-state index >= 15 is 0 Å². The molecule has 1 amide bonds. The molecule has 0 aliphatic rings. The Bertz CT molecular complexity index is 495. The fourth-order valence-electron chi connectivity index (χ4n) is 1.53. The highest BCUT2D eigenvalue weighted by molar-refractivity contribution is 6.30. The second-order valence-electron chi connectivity index (χ2n) is 6.14. The average molecular weight is 299 g/mol. The van der Waals surface area contributed by atoms with Crippen molar-refractivity contribution in [3.8, 4) is 0 Å². The van der Waals surface area contributed by atoms with E-state index in [0.717, 1.165) is 5.56 Å². The van der Waals surface area contributed by atoms with Gasteiger partial charge < -0.3 is 10.6 Å². The van der Waals surface area contributed by atoms with E-state index in [0.29, 0.717) is 16.8 Å². The number of carbonyl (C=O) groups excluding carboxylic acids is 1. The SMILES string of the molecule is Cc1c(Cl)nc(C(C)(C)C)nc1NCC(=O)NC(C)C. The molecule has 0 fully saturated rings. The number of hydrogen-bond donors (Lipinski definition) is 2. The first kappa shape index (κ1) is 16.7. The van der Waals surface area contributed by atoms with Gasteiger partial charge in [-0.15, -0.1) is 0 Å². The van der Waals surface area contributed by atoms with Gasteiger partial charge in [-0.05, 0) is 20.8 Å². The van der Waals surface area contributed by atoms with Crippen molar-refractivity contribution in [2.45, 2.75) is 53.0 Å². The molecule has 0 aliphatic carbocycles. The lowest BCUT2D eigenvalue weighted by atomic mass is 9.95. The third-order valence-electron chi connectivity index (χ3n) is 2.62. The summed E-state index contributed by atoms with van der Waals surface area (Å²) in [7, 11) is 0. The first-order chi connectivity index (χ1) is 9.11. The maximum Gasteiger partial charge on any atom is 0.239 e. The lowest BCUT2D eigenvalue weighted by Crippen LogP contribution is -2.35. The molecule has 0 aliphatic heterocycles. The van der Waals surface area contributed by atoms with Crippen LogP contribution in [0.5, 0.6) is 0 Å². The molecule has 0 aromatic carbocycles. The van der Waals surface area contributed by atoms with Crippen LogP contribution in [0.1, 0.15) is 46.0 Å². The topological polar surface area (TPSA) is 66.9 Å². The average Bonchev–Trinajstić information content (AvgIpc) is 2.28. The highest BCUT2D eigenvalue weighted by atomic mass is 35.5. The number of rotatable bonds is 4. The summed E-state index contributed by atoms with van der Waals surface area (Å²) < 4.78 is 0. The van der Waals surface area contributed by atoms with Crippen molar-refractivity contribution in [1.29, 1.82) is 0 Å². The van der Waals surface area contributed by atoms with Crippen molar-refractivity contribution in [3.63, 3.8) is 0 Å². The summed E-state index contributed by atoms with van der Waals surface area (Å²) in [5.74, 6) is 1.18. The molecule has 1 heterocycles. The van der Waals surface area contributed by atoms with Crippen molar-refractivity contribution in [3.05, 3.63) is 16.5 Å². The largest absolute Gasteiger partial charge is 0.361 e. The minimum absolute atomic E-state index is 0.0774. The fraction of sp³-hybridized carbons (Fsp3) is 0.643. The van der Waals surface area contributed by atoms with Crippen LogP contribution in [0.3, 0.4) is 0 Å². The van der Waals surface area contributed by atoms with E-state index in [4.69, 9.17) is 11.6 Å². The quantitative estimate of drug-likeness (QED) is 0.839. The van der Waals surface area contributed by atoms with Crippen LogP contribution in [0.2, 0.25) is 5.15 Å². The highest BCUT2D eigenvalue weighted by Gasteiger charge is 2.20. The van der Waals surface area contributed by atoms with Gasteiger partial charge in [-0.3, -0.25) is 4.79 Å². The predicted molar refractivity (Wildman–Crippen MR) is 82.2 cm³/mol. The second kappa shape index (κ2) is 6.39. The van der Waals surface area contributed by atoms with Crippen molar-refractivity contribution in [1.82, 2.24) is 15.3 Å². The van der Waals surface area contributed by atoms with Gasteiger partial charge in [0.1, 0.15) is 16.8 Å². The van der Waals surface area contributed by atoms with E-state index in [1.54, 1.807) is 0 Å². The number of carbonyl (C=O) groups is 1. The molecule has 1 rings (SSSR count). The molecule has 0 unspecified atom stereocenters. The first-order valence-corrected chi connectivity index (χ1v) is 7.07. The summed E-state index contributed by atoms with van der Waals surface area (Å²) in [6.07, 6.45) is 0. The third-order valence-corrected chi connectivity index (χ3v) is 2.99. The van der Waals surface area contributed by atoms with Gasteiger partial charge in [-0.25, -0.2) is 9.97 Å². The molecule has 20 heavy (non-hydrogen) atoms. The number of nitrogens with one attached hydrogen (secondary N) is 2. The number of amides is 1. The normalized spacial score (nSPS) is 11.6. The van der Waals surface area contributed by atoms with E-state index in [2.05, 4.69) is 20.6 Å². The van der Waals surface area contributed by atoms with Gasteiger partial charge in [-0.1, -0.05) is 32.4 Å². The highest BCUT2D eigenvalue weighted by Crippen LogP contribution is 2.25. The molecule has 0 saturated heterocycles. The third kappa shape index (κ3) is 4.63. The minimum Gasteiger partial charge on any atom is -0.361 e. The maximum atomic E-state index is 11.7. The molecule has 0 bridgehead atoms. The van der Waals surface area contributed by atoms with Crippen LogP contribution in [-0.4, -0.2) is 28.5 Å². The number of halogens is 1. The van der Waals surface area contributed by atoms with Crippen molar-refractivity contribution in [2.75, 3.05) is 11.9 Å². The Balaban J connectivity index is 2.89. The Labute approximate surface area is 125 Å². The summed E-state index contributed by atoms with van der Waals surface area (Å²) in [6.45, 7) is 11.9. The van der Waals surface area contributed by atoms with Gasteiger partial charge >= 0.3 is 0 Å². The molecule has 1 aromatic heterocycles. The first-order valence-electron chi connectivity index (χ1n) is 6.69. The monoisotopic (exact) mass is 298 g/mol. The second-order valence-corrected chi connectivity index (χ2v) is 6.50. The zero-order valence-corrected chi connectivity index (χ0v) is 13.7. The molecule has 0 spiro atoms. The van der Waals surface area contributed by atoms with Gasteiger partial charge in [-0.2, -0.15) is 0 Å². The van der Waals surface area contributed by atoms with E-state index in [9.17, 15) is 4.79 Å². The van der Waals surface area contributed by atoms with E-state index < -0.39 is 0 Å². The Kier molecular flexibility index (Phi) is 5.34. The molecule has 2 N–H and O–H groups in total. The van der Waals surface area contributed by atoms with Gasteiger partial charge in [0.05, 0.1) is 6.54 Å². The molecule has 6 heteroatoms. The van der Waals surface area contributed by atoms with E-state index in [1.807, 2.05) is 41.5 Å². The van der Waals surface area contributed by atoms with Crippen LogP contribution < -0.4 is 10.6 Å².